The number of rotatable bonds is 4. The Morgan fingerprint density at radius 2 is 1.64 bits per heavy atom. The summed E-state index contributed by atoms with van der Waals surface area (Å²) in [5, 5.41) is 2.34. The summed E-state index contributed by atoms with van der Waals surface area (Å²) in [5.74, 6) is -1.85. The molecule has 45 heavy (non-hydrogen) atoms. The van der Waals surface area contributed by atoms with Gasteiger partial charge in [-0.05, 0) is 74.1 Å². The van der Waals surface area contributed by atoms with Crippen LogP contribution in [-0.4, -0.2) is 79.3 Å². The van der Waals surface area contributed by atoms with E-state index >= 15 is 0 Å². The Morgan fingerprint density at radius 3 is 2.33 bits per heavy atom. The lowest BCUT2D eigenvalue weighted by Gasteiger charge is -2.27. The minimum absolute atomic E-state index is 0.126. The molecule has 1 aromatic carbocycles. The molecule has 1 unspecified atom stereocenters. The molecule has 3 saturated carbocycles. The lowest BCUT2D eigenvalue weighted by molar-refractivity contribution is -0.140. The average molecular weight is 645 g/mol. The molecule has 3 aliphatic heterocycles. The summed E-state index contributed by atoms with van der Waals surface area (Å²) in [6.45, 7) is 1.42. The van der Waals surface area contributed by atoms with Crippen LogP contribution in [0.3, 0.4) is 0 Å². The molecule has 0 radical (unpaired) electrons. The van der Waals surface area contributed by atoms with Crippen LogP contribution in [0.15, 0.2) is 12.1 Å². The molecular formula is C31H40N4O9S. The second kappa shape index (κ2) is 11.4. The van der Waals surface area contributed by atoms with Crippen LogP contribution < -0.4 is 19.5 Å². The highest BCUT2D eigenvalue weighted by Gasteiger charge is 2.62. The summed E-state index contributed by atoms with van der Waals surface area (Å²) < 4.78 is 44.3. The molecule has 1 aromatic rings. The predicted molar refractivity (Wildman–Crippen MR) is 158 cm³/mol. The smallest absolute Gasteiger partial charge is 0.410 e. The van der Waals surface area contributed by atoms with Gasteiger partial charge in [0.25, 0.3) is 5.91 Å². The lowest BCUT2D eigenvalue weighted by Crippen LogP contribution is -2.54. The molecule has 244 valence electrons. The van der Waals surface area contributed by atoms with Crippen LogP contribution in [0.2, 0.25) is 0 Å². The Kier molecular flexibility index (Phi) is 7.60. The number of hydrogen-bond acceptors (Lipinski definition) is 9. The van der Waals surface area contributed by atoms with E-state index in [0.717, 1.165) is 36.8 Å². The Balaban J connectivity index is 1.07. The normalized spacial score (nSPS) is 31.3. The monoisotopic (exact) mass is 644 g/mol. The van der Waals surface area contributed by atoms with Crippen molar-refractivity contribution < 1.29 is 41.8 Å². The van der Waals surface area contributed by atoms with Crippen molar-refractivity contribution in [2.45, 2.75) is 94.2 Å². The molecule has 13 nitrogen and oxygen atoms in total. The molecule has 3 heterocycles. The highest BCUT2D eigenvalue weighted by molar-refractivity contribution is 7.91. The summed E-state index contributed by atoms with van der Waals surface area (Å²) in [7, 11) is -2.07. The standard InChI is InChI=1S/C31H40N4O9S/c1-34-9-5-3-2-4-6-20-14-31(20,29(38)33-45(40,41)22-7-8-22)32-27(36)23-12-21(13-24(23)28(34)37)44-30(39)35-15-18-10-25-26(43-17-42-25)11-19(18)16-35/h10-11,20-24H,2-9,12-17H2,1H3,(H,32,36)(H,33,38)/t20-,21-,23-,24?,31-/m1/s1. The first-order chi connectivity index (χ1) is 21.5. The second-order valence-corrected chi connectivity index (χ2v) is 15.5. The summed E-state index contributed by atoms with van der Waals surface area (Å²) in [6, 6.07) is 3.74. The highest BCUT2D eigenvalue weighted by atomic mass is 32.2. The van der Waals surface area contributed by atoms with E-state index in [-0.39, 0.29) is 31.5 Å². The number of ether oxygens (including phenoxy) is 3. The van der Waals surface area contributed by atoms with Gasteiger partial charge in [-0.25, -0.2) is 13.2 Å². The molecule has 1 saturated heterocycles. The van der Waals surface area contributed by atoms with Crippen molar-refractivity contribution in [3.8, 4) is 11.5 Å². The molecule has 5 atom stereocenters. The van der Waals surface area contributed by atoms with Crippen molar-refractivity contribution in [1.29, 1.82) is 0 Å². The quantitative estimate of drug-likeness (QED) is 0.501. The van der Waals surface area contributed by atoms with Crippen LogP contribution >= 0.6 is 0 Å². The minimum atomic E-state index is -3.80. The molecule has 3 aliphatic carbocycles. The zero-order valence-electron chi connectivity index (χ0n) is 25.4. The zero-order valence-corrected chi connectivity index (χ0v) is 26.2. The molecular weight excluding hydrogens is 604 g/mol. The molecule has 2 N–H and O–H groups in total. The Bertz CT molecular complexity index is 1500. The Morgan fingerprint density at radius 1 is 0.978 bits per heavy atom. The third kappa shape index (κ3) is 5.81. The van der Waals surface area contributed by atoms with Gasteiger partial charge in [0.2, 0.25) is 28.6 Å². The van der Waals surface area contributed by atoms with E-state index in [2.05, 4.69) is 10.0 Å². The van der Waals surface area contributed by atoms with E-state index in [1.54, 1.807) is 16.8 Å². The third-order valence-electron chi connectivity index (χ3n) is 10.3. The number of fused-ring (bicyclic) bond motifs is 4. The van der Waals surface area contributed by atoms with E-state index in [9.17, 15) is 27.6 Å². The molecule has 14 heteroatoms. The number of sulfonamides is 1. The average Bonchev–Trinajstić information content (AvgIpc) is 3.81. The molecule has 0 spiro atoms. The van der Waals surface area contributed by atoms with Crippen molar-refractivity contribution in [2.75, 3.05) is 20.4 Å². The van der Waals surface area contributed by atoms with Crippen LogP contribution in [0, 0.1) is 17.8 Å². The van der Waals surface area contributed by atoms with Gasteiger partial charge in [0.15, 0.2) is 11.5 Å². The van der Waals surface area contributed by atoms with E-state index in [1.165, 1.54) is 0 Å². The number of carbonyl (C=O) groups excluding carboxylic acids is 4. The second-order valence-electron chi connectivity index (χ2n) is 13.5. The maximum atomic E-state index is 13.9. The van der Waals surface area contributed by atoms with Crippen molar-refractivity contribution in [2.24, 2.45) is 17.8 Å². The molecule has 4 fully saturated rings. The highest BCUT2D eigenvalue weighted by Crippen LogP contribution is 2.49. The summed E-state index contributed by atoms with van der Waals surface area (Å²) in [6.07, 6.45) is 4.66. The van der Waals surface area contributed by atoms with E-state index in [1.807, 2.05) is 12.1 Å². The van der Waals surface area contributed by atoms with E-state index < -0.39 is 56.7 Å². The zero-order chi connectivity index (χ0) is 31.5. The number of hydrogen-bond donors (Lipinski definition) is 2. The van der Waals surface area contributed by atoms with Gasteiger partial charge in [-0.1, -0.05) is 19.3 Å². The fourth-order valence-electron chi connectivity index (χ4n) is 7.43. The topological polar surface area (TPSA) is 161 Å². The fourth-order valence-corrected chi connectivity index (χ4v) is 8.80. The summed E-state index contributed by atoms with van der Waals surface area (Å²) >= 11 is 0. The van der Waals surface area contributed by atoms with E-state index in [0.29, 0.717) is 56.8 Å². The first-order valence-electron chi connectivity index (χ1n) is 16.0. The van der Waals surface area contributed by atoms with Crippen LogP contribution in [0.1, 0.15) is 75.3 Å². The van der Waals surface area contributed by atoms with Crippen molar-refractivity contribution in [1.82, 2.24) is 19.8 Å². The van der Waals surface area contributed by atoms with Gasteiger partial charge in [0.1, 0.15) is 11.6 Å². The summed E-state index contributed by atoms with van der Waals surface area (Å²) in [5.41, 5.74) is 0.559. The van der Waals surface area contributed by atoms with Crippen LogP contribution in [-0.2, 0) is 42.2 Å². The van der Waals surface area contributed by atoms with Gasteiger partial charge in [-0.3, -0.25) is 24.0 Å². The van der Waals surface area contributed by atoms with Crippen molar-refractivity contribution >= 4 is 33.8 Å². The minimum Gasteiger partial charge on any atom is -0.454 e. The van der Waals surface area contributed by atoms with Gasteiger partial charge in [0, 0.05) is 26.7 Å². The van der Waals surface area contributed by atoms with Crippen molar-refractivity contribution in [3.05, 3.63) is 23.3 Å². The maximum Gasteiger partial charge on any atom is 0.410 e. The van der Waals surface area contributed by atoms with Gasteiger partial charge in [-0.15, -0.1) is 0 Å². The van der Waals surface area contributed by atoms with Gasteiger partial charge >= 0.3 is 6.09 Å². The first-order valence-corrected chi connectivity index (χ1v) is 17.6. The number of amides is 4. The molecule has 4 amide bonds. The maximum absolute atomic E-state index is 13.9. The third-order valence-corrected chi connectivity index (χ3v) is 12.2. The molecule has 6 aliphatic rings. The Labute approximate surface area is 262 Å². The number of nitrogens with zero attached hydrogens (tertiary/aromatic N) is 2. The lowest BCUT2D eigenvalue weighted by atomic mass is 9.92. The van der Waals surface area contributed by atoms with Crippen molar-refractivity contribution in [3.63, 3.8) is 0 Å². The molecule has 0 aromatic heterocycles. The first kappa shape index (κ1) is 30.1. The SMILES string of the molecule is CN1CCCCCC[C@@H]2C[C@@]2(C(=O)NS(=O)(=O)C2CC2)NC(=O)[C@@H]2C[C@@H](OC(=O)N3Cc4cc5c(cc4C3)OCO5)CC2C1=O. The number of carbonyl (C=O) groups is 4. The summed E-state index contributed by atoms with van der Waals surface area (Å²) in [4.78, 5) is 57.5. The van der Waals surface area contributed by atoms with E-state index in [4.69, 9.17) is 14.2 Å². The number of benzene rings is 1. The fraction of sp³-hybridized carbons (Fsp3) is 0.677. The van der Waals surface area contributed by atoms with Gasteiger partial charge in [0.05, 0.1) is 17.1 Å². The predicted octanol–water partition coefficient (Wildman–Crippen LogP) is 2.17. The van der Waals surface area contributed by atoms with Gasteiger partial charge in [-0.2, -0.15) is 0 Å². The largest absolute Gasteiger partial charge is 0.454 e. The van der Waals surface area contributed by atoms with Gasteiger partial charge < -0.3 is 24.4 Å². The van der Waals surface area contributed by atoms with Crippen LogP contribution in [0.25, 0.3) is 0 Å². The molecule has 7 rings (SSSR count). The Hall–Kier alpha value is -3.55. The molecule has 0 bridgehead atoms. The van der Waals surface area contributed by atoms with Crippen LogP contribution in [0.4, 0.5) is 4.79 Å². The van der Waals surface area contributed by atoms with Crippen LogP contribution in [0.5, 0.6) is 11.5 Å². The number of nitrogens with one attached hydrogen (secondary N) is 2.